The first-order chi connectivity index (χ1) is 3.80. The van der Waals surface area contributed by atoms with Crippen LogP contribution in [0.25, 0.3) is 0 Å². The summed E-state index contributed by atoms with van der Waals surface area (Å²) < 4.78 is 5.14. The molecule has 1 aliphatic heterocycles. The molecule has 0 N–H and O–H groups in total. The van der Waals surface area contributed by atoms with E-state index in [0.29, 0.717) is 6.04 Å². The van der Waals surface area contributed by atoms with E-state index in [-0.39, 0.29) is 0 Å². The van der Waals surface area contributed by atoms with Gasteiger partial charge in [0, 0.05) is 12.6 Å². The lowest BCUT2D eigenvalue weighted by Crippen LogP contribution is -2.27. The Hall–Kier alpha value is -0.0800. The summed E-state index contributed by atoms with van der Waals surface area (Å²) in [7, 11) is 0. The zero-order valence-electron chi connectivity index (χ0n) is 5.55. The fourth-order valence-corrected chi connectivity index (χ4v) is 0.835. The maximum atomic E-state index is 5.14. The summed E-state index contributed by atoms with van der Waals surface area (Å²) in [4.78, 5) is 2.31. The van der Waals surface area contributed by atoms with Crippen molar-refractivity contribution in [1.82, 2.24) is 4.90 Å². The minimum Gasteiger partial charge on any atom is -0.365 e. The second kappa shape index (κ2) is 2.46. The van der Waals surface area contributed by atoms with Crippen LogP contribution >= 0.6 is 0 Å². The molecule has 0 bridgehead atoms. The van der Waals surface area contributed by atoms with Gasteiger partial charge < -0.3 is 4.74 Å². The van der Waals surface area contributed by atoms with E-state index >= 15 is 0 Å². The molecule has 0 spiro atoms. The first-order valence-corrected chi connectivity index (χ1v) is 3.12. The predicted octanol–water partition coefficient (Wildman–Crippen LogP) is 0.684. The number of hydrogen-bond donors (Lipinski definition) is 0. The second-order valence-corrected chi connectivity index (χ2v) is 2.44. The third-order valence-electron chi connectivity index (χ3n) is 1.51. The SMILES string of the molecule is CC(C)N1CCOC1. The van der Waals surface area contributed by atoms with Gasteiger partial charge in [-0.25, -0.2) is 0 Å². The molecule has 0 atom stereocenters. The van der Waals surface area contributed by atoms with Gasteiger partial charge in [0.05, 0.1) is 13.3 Å². The zero-order chi connectivity index (χ0) is 5.98. The maximum Gasteiger partial charge on any atom is 0.0993 e. The predicted molar refractivity (Wildman–Crippen MR) is 32.7 cm³/mol. The van der Waals surface area contributed by atoms with Crippen molar-refractivity contribution in [2.75, 3.05) is 19.9 Å². The lowest BCUT2D eigenvalue weighted by atomic mass is 10.3. The molecule has 2 nitrogen and oxygen atoms in total. The van der Waals surface area contributed by atoms with Gasteiger partial charge in [-0.2, -0.15) is 0 Å². The summed E-state index contributed by atoms with van der Waals surface area (Å²) in [6, 6.07) is 0.650. The van der Waals surface area contributed by atoms with Gasteiger partial charge in [0.25, 0.3) is 0 Å². The van der Waals surface area contributed by atoms with Gasteiger partial charge in [-0.05, 0) is 13.8 Å². The molecule has 0 aliphatic carbocycles. The van der Waals surface area contributed by atoms with E-state index in [9.17, 15) is 0 Å². The smallest absolute Gasteiger partial charge is 0.0993 e. The van der Waals surface area contributed by atoms with Gasteiger partial charge in [-0.3, -0.25) is 4.90 Å². The molecule has 1 fully saturated rings. The van der Waals surface area contributed by atoms with E-state index in [1.807, 2.05) is 0 Å². The largest absolute Gasteiger partial charge is 0.365 e. The Morgan fingerprint density at radius 2 is 2.25 bits per heavy atom. The fraction of sp³-hybridized carbons (Fsp3) is 1.00. The highest BCUT2D eigenvalue weighted by atomic mass is 16.5. The number of nitrogens with zero attached hydrogens (tertiary/aromatic N) is 1. The van der Waals surface area contributed by atoms with Crippen LogP contribution in [0.5, 0.6) is 0 Å². The molecule has 1 saturated heterocycles. The molecule has 0 unspecified atom stereocenters. The average Bonchev–Trinajstić information content (AvgIpc) is 2.12. The second-order valence-electron chi connectivity index (χ2n) is 2.44. The molecule has 2 heteroatoms. The van der Waals surface area contributed by atoms with Crippen molar-refractivity contribution < 1.29 is 4.74 Å². The Morgan fingerprint density at radius 1 is 1.50 bits per heavy atom. The van der Waals surface area contributed by atoms with Crippen LogP contribution in [0.3, 0.4) is 0 Å². The summed E-state index contributed by atoms with van der Waals surface area (Å²) in [5.74, 6) is 0. The average molecular weight is 115 g/mol. The molecule has 8 heavy (non-hydrogen) atoms. The highest BCUT2D eigenvalue weighted by Crippen LogP contribution is 2.02. The third kappa shape index (κ3) is 1.20. The first-order valence-electron chi connectivity index (χ1n) is 3.12. The van der Waals surface area contributed by atoms with Crippen molar-refractivity contribution in [3.05, 3.63) is 0 Å². The quantitative estimate of drug-likeness (QED) is 0.498. The van der Waals surface area contributed by atoms with E-state index in [0.717, 1.165) is 19.9 Å². The van der Waals surface area contributed by atoms with E-state index in [1.165, 1.54) is 0 Å². The lowest BCUT2D eigenvalue weighted by molar-refractivity contribution is 0.124. The Bertz CT molecular complexity index is 66.9. The molecule has 1 rings (SSSR count). The van der Waals surface area contributed by atoms with Crippen molar-refractivity contribution >= 4 is 0 Å². The Kier molecular flexibility index (Phi) is 1.86. The molecule has 0 aromatic carbocycles. The van der Waals surface area contributed by atoms with Crippen LogP contribution in [0.4, 0.5) is 0 Å². The fourth-order valence-electron chi connectivity index (χ4n) is 0.835. The monoisotopic (exact) mass is 115 g/mol. The Labute approximate surface area is 50.4 Å². The summed E-state index contributed by atoms with van der Waals surface area (Å²) in [5, 5.41) is 0. The summed E-state index contributed by atoms with van der Waals surface area (Å²) >= 11 is 0. The van der Waals surface area contributed by atoms with Crippen molar-refractivity contribution in [2.24, 2.45) is 0 Å². The van der Waals surface area contributed by atoms with Crippen LogP contribution in [-0.2, 0) is 4.74 Å². The lowest BCUT2D eigenvalue weighted by Gasteiger charge is -2.16. The van der Waals surface area contributed by atoms with Gasteiger partial charge in [-0.15, -0.1) is 0 Å². The van der Waals surface area contributed by atoms with Crippen molar-refractivity contribution in [3.8, 4) is 0 Å². The Morgan fingerprint density at radius 3 is 2.50 bits per heavy atom. The van der Waals surface area contributed by atoms with Crippen LogP contribution in [0, 0.1) is 0 Å². The van der Waals surface area contributed by atoms with E-state index < -0.39 is 0 Å². The van der Waals surface area contributed by atoms with Crippen LogP contribution in [0.2, 0.25) is 0 Å². The van der Waals surface area contributed by atoms with Gasteiger partial charge in [0.2, 0.25) is 0 Å². The van der Waals surface area contributed by atoms with Crippen LogP contribution < -0.4 is 0 Å². The number of rotatable bonds is 1. The molecule has 0 amide bonds. The third-order valence-corrected chi connectivity index (χ3v) is 1.51. The standard InChI is InChI=1S/C6H13NO/c1-6(2)7-3-4-8-5-7/h6H,3-5H2,1-2H3. The molecular formula is C6H13NO. The summed E-state index contributed by atoms with van der Waals surface area (Å²) in [5.41, 5.74) is 0. The van der Waals surface area contributed by atoms with Gasteiger partial charge in [-0.1, -0.05) is 0 Å². The van der Waals surface area contributed by atoms with E-state index in [4.69, 9.17) is 4.74 Å². The summed E-state index contributed by atoms with van der Waals surface area (Å²) in [6.07, 6.45) is 0. The molecule has 0 radical (unpaired) electrons. The molecule has 48 valence electrons. The van der Waals surface area contributed by atoms with Gasteiger partial charge in [0.15, 0.2) is 0 Å². The number of hydrogen-bond acceptors (Lipinski definition) is 2. The van der Waals surface area contributed by atoms with Gasteiger partial charge in [0.1, 0.15) is 0 Å². The molecule has 1 aliphatic rings. The zero-order valence-corrected chi connectivity index (χ0v) is 5.55. The normalized spacial score (nSPS) is 22.9. The van der Waals surface area contributed by atoms with Gasteiger partial charge >= 0.3 is 0 Å². The van der Waals surface area contributed by atoms with E-state index in [1.54, 1.807) is 0 Å². The summed E-state index contributed by atoms with van der Waals surface area (Å²) in [6.45, 7) is 7.23. The highest BCUT2D eigenvalue weighted by molar-refractivity contribution is 4.61. The maximum absolute atomic E-state index is 5.14. The topological polar surface area (TPSA) is 12.5 Å². The molecule has 0 aromatic rings. The molecule has 1 heterocycles. The van der Waals surface area contributed by atoms with Crippen LogP contribution in [0.15, 0.2) is 0 Å². The van der Waals surface area contributed by atoms with E-state index in [2.05, 4.69) is 18.7 Å². The molecule has 0 saturated carbocycles. The Balaban J connectivity index is 2.24. The van der Waals surface area contributed by atoms with Crippen LogP contribution in [-0.4, -0.2) is 30.8 Å². The minimum absolute atomic E-state index is 0.650. The number of ether oxygens (including phenoxy) is 1. The van der Waals surface area contributed by atoms with Crippen molar-refractivity contribution in [1.29, 1.82) is 0 Å². The van der Waals surface area contributed by atoms with Crippen LogP contribution in [0.1, 0.15) is 13.8 Å². The minimum atomic E-state index is 0.650. The first kappa shape index (κ1) is 6.05. The molecule has 0 aromatic heterocycles. The van der Waals surface area contributed by atoms with Crippen molar-refractivity contribution in [2.45, 2.75) is 19.9 Å². The van der Waals surface area contributed by atoms with Crippen molar-refractivity contribution in [3.63, 3.8) is 0 Å². The highest BCUT2D eigenvalue weighted by Gasteiger charge is 2.13. The molecular weight excluding hydrogens is 102 g/mol.